The Morgan fingerprint density at radius 2 is 0.776 bits per heavy atom. The number of aliphatic hydroxyl groups is 2. The molecule has 1 heterocycles. The first-order chi connectivity index (χ1) is 41.6. The molecule has 12 nitrogen and oxygen atoms in total. The van der Waals surface area contributed by atoms with Crippen molar-refractivity contribution in [3.63, 3.8) is 0 Å². The monoisotopic (exact) mass is 1180 g/mol. The number of unbranched alkanes of at least 4 members (excludes halogenated alkanes) is 13. The molecule has 0 amide bonds. The molecule has 1 aliphatic rings. The molecule has 1 rings (SSSR count). The van der Waals surface area contributed by atoms with Crippen LogP contribution < -0.4 is 0 Å². The lowest BCUT2D eigenvalue weighted by atomic mass is 9.98. The lowest BCUT2D eigenvalue weighted by molar-refractivity contribution is -0.301. The zero-order valence-electron chi connectivity index (χ0n) is 52.5. The molecule has 0 saturated carbocycles. The number of hydrogen-bond donors (Lipinski definition) is 3. The Morgan fingerprint density at radius 3 is 1.21 bits per heavy atom. The number of carboxylic acid groups (broad SMARTS) is 1. The maximum absolute atomic E-state index is 13.2. The van der Waals surface area contributed by atoms with E-state index >= 15 is 0 Å². The molecule has 1 saturated heterocycles. The summed E-state index contributed by atoms with van der Waals surface area (Å²) in [6.45, 7) is 5.66. The fourth-order valence-corrected chi connectivity index (χ4v) is 8.69. The second-order valence-electron chi connectivity index (χ2n) is 21.3. The van der Waals surface area contributed by atoms with Gasteiger partial charge in [-0.05, 0) is 128 Å². The molecule has 0 aliphatic carbocycles. The average Bonchev–Trinajstić information content (AvgIpc) is 2.79. The Bertz CT molecular complexity index is 2080. The van der Waals surface area contributed by atoms with Crippen LogP contribution >= 0.6 is 0 Å². The topological polar surface area (TPSA) is 175 Å². The molecular weight excluding hydrogens is 1070 g/mol. The molecule has 0 aromatic carbocycles. The van der Waals surface area contributed by atoms with Crippen molar-refractivity contribution in [1.29, 1.82) is 0 Å². The summed E-state index contributed by atoms with van der Waals surface area (Å²) in [6.07, 6.45) is 73.6. The molecule has 0 spiro atoms. The minimum atomic E-state index is -1.95. The number of allylic oxidation sites excluding steroid dienone is 26. The number of carboxylic acids is 1. The minimum absolute atomic E-state index is 0.0659. The third-order valence-corrected chi connectivity index (χ3v) is 13.6. The molecule has 0 bridgehead atoms. The third-order valence-electron chi connectivity index (χ3n) is 13.6. The number of rotatable bonds is 53. The van der Waals surface area contributed by atoms with Gasteiger partial charge in [-0.2, -0.15) is 0 Å². The number of carbonyl (C=O) groups excluding carboxylic acids is 3. The van der Waals surface area contributed by atoms with Crippen LogP contribution in [0.4, 0.5) is 0 Å². The number of hydrogen-bond acceptors (Lipinski definition) is 11. The highest BCUT2D eigenvalue weighted by Gasteiger charge is 2.50. The predicted octanol–water partition coefficient (Wildman–Crippen LogP) is 17.7. The summed E-state index contributed by atoms with van der Waals surface area (Å²) < 4.78 is 28.4. The summed E-state index contributed by atoms with van der Waals surface area (Å²) in [7, 11) is 0. The van der Waals surface area contributed by atoms with Gasteiger partial charge in [-0.15, -0.1) is 0 Å². The molecule has 85 heavy (non-hydrogen) atoms. The van der Waals surface area contributed by atoms with Crippen molar-refractivity contribution in [2.45, 2.75) is 263 Å². The zero-order chi connectivity index (χ0) is 61.7. The fourth-order valence-electron chi connectivity index (χ4n) is 8.69. The van der Waals surface area contributed by atoms with Crippen molar-refractivity contribution < 1.29 is 58.2 Å². The smallest absolute Gasteiger partial charge is 0.335 e. The van der Waals surface area contributed by atoms with Crippen molar-refractivity contribution >= 4 is 23.9 Å². The SMILES string of the molecule is CC/C=C\C/C=C\C/C=C\C/C=C\C/C=C\C/C=C\CCC(=O)OC1C(OCC(COC(=O)CCCCCCCCCCC/C=C\C/C=C\CCCCC)OC(=O)CCC/C=C\C/C=C\C/C=C\C/C=C\C/C=C\CC)OC(C(=O)O)C(O)C1O. The van der Waals surface area contributed by atoms with E-state index in [2.05, 4.69) is 148 Å². The summed E-state index contributed by atoms with van der Waals surface area (Å²) in [6, 6.07) is 0. The first-order valence-electron chi connectivity index (χ1n) is 32.5. The van der Waals surface area contributed by atoms with Gasteiger partial charge < -0.3 is 39.0 Å². The van der Waals surface area contributed by atoms with Gasteiger partial charge in [0.25, 0.3) is 0 Å². The van der Waals surface area contributed by atoms with Crippen LogP contribution in [0.25, 0.3) is 0 Å². The van der Waals surface area contributed by atoms with Crippen molar-refractivity contribution in [3.8, 4) is 0 Å². The molecule has 0 radical (unpaired) electrons. The highest BCUT2D eigenvalue weighted by molar-refractivity contribution is 5.74. The molecule has 0 aromatic rings. The van der Waals surface area contributed by atoms with Gasteiger partial charge in [-0.1, -0.05) is 237 Å². The Balaban J connectivity index is 2.75. The number of ether oxygens (including phenoxy) is 5. The fraction of sp³-hybridized carbons (Fsp3) is 0.589. The van der Waals surface area contributed by atoms with Gasteiger partial charge in [0.15, 0.2) is 24.6 Å². The molecule has 476 valence electrons. The first kappa shape index (κ1) is 77.4. The summed E-state index contributed by atoms with van der Waals surface area (Å²) in [5, 5.41) is 31.6. The number of aliphatic hydroxyl groups excluding tert-OH is 2. The van der Waals surface area contributed by atoms with Crippen LogP contribution in [-0.2, 0) is 42.9 Å². The van der Waals surface area contributed by atoms with Gasteiger partial charge in [-0.3, -0.25) is 14.4 Å². The lowest BCUT2D eigenvalue weighted by Crippen LogP contribution is -2.61. The maximum atomic E-state index is 13.2. The van der Waals surface area contributed by atoms with E-state index in [0.717, 1.165) is 103 Å². The largest absolute Gasteiger partial charge is 0.479 e. The van der Waals surface area contributed by atoms with Crippen molar-refractivity contribution in [2.24, 2.45) is 0 Å². The summed E-state index contributed by atoms with van der Waals surface area (Å²) >= 11 is 0. The van der Waals surface area contributed by atoms with Crippen molar-refractivity contribution in [2.75, 3.05) is 13.2 Å². The van der Waals surface area contributed by atoms with Gasteiger partial charge >= 0.3 is 23.9 Å². The van der Waals surface area contributed by atoms with Gasteiger partial charge in [-0.25, -0.2) is 4.79 Å². The van der Waals surface area contributed by atoms with Crippen LogP contribution in [0.1, 0.15) is 226 Å². The van der Waals surface area contributed by atoms with E-state index in [1.165, 1.54) is 51.4 Å². The van der Waals surface area contributed by atoms with Crippen LogP contribution in [0.2, 0.25) is 0 Å². The van der Waals surface area contributed by atoms with E-state index in [-0.39, 0.29) is 25.9 Å². The normalized spacial score (nSPS) is 18.5. The summed E-state index contributed by atoms with van der Waals surface area (Å²) in [5.41, 5.74) is 0. The Morgan fingerprint density at radius 1 is 0.400 bits per heavy atom. The zero-order valence-corrected chi connectivity index (χ0v) is 52.5. The quantitative estimate of drug-likeness (QED) is 0.0228. The van der Waals surface area contributed by atoms with E-state index in [0.29, 0.717) is 32.1 Å². The molecule has 6 unspecified atom stereocenters. The second kappa shape index (κ2) is 58.7. The average molecular weight is 1180 g/mol. The van der Waals surface area contributed by atoms with Gasteiger partial charge in [0.2, 0.25) is 0 Å². The molecule has 0 aromatic heterocycles. The van der Waals surface area contributed by atoms with E-state index in [1.807, 2.05) is 30.4 Å². The Kier molecular flexibility index (Phi) is 53.4. The van der Waals surface area contributed by atoms with E-state index < -0.39 is 67.3 Å². The minimum Gasteiger partial charge on any atom is -0.479 e. The van der Waals surface area contributed by atoms with Gasteiger partial charge in [0.05, 0.1) is 6.61 Å². The highest BCUT2D eigenvalue weighted by Crippen LogP contribution is 2.26. The van der Waals surface area contributed by atoms with Crippen molar-refractivity contribution in [3.05, 3.63) is 158 Å². The molecule has 3 N–H and O–H groups in total. The molecular formula is C73H112O12. The van der Waals surface area contributed by atoms with Gasteiger partial charge in [0.1, 0.15) is 18.8 Å². The van der Waals surface area contributed by atoms with E-state index in [4.69, 9.17) is 23.7 Å². The molecule has 12 heteroatoms. The second-order valence-corrected chi connectivity index (χ2v) is 21.3. The highest BCUT2D eigenvalue weighted by atomic mass is 16.7. The van der Waals surface area contributed by atoms with Crippen LogP contribution in [-0.4, -0.2) is 89.2 Å². The van der Waals surface area contributed by atoms with Crippen LogP contribution in [0.5, 0.6) is 0 Å². The molecule has 1 aliphatic heterocycles. The summed E-state index contributed by atoms with van der Waals surface area (Å²) in [4.78, 5) is 51.3. The molecule has 6 atom stereocenters. The van der Waals surface area contributed by atoms with Crippen LogP contribution in [0, 0.1) is 0 Å². The maximum Gasteiger partial charge on any atom is 0.335 e. The van der Waals surface area contributed by atoms with Gasteiger partial charge in [0, 0.05) is 19.3 Å². The van der Waals surface area contributed by atoms with Crippen molar-refractivity contribution in [1.82, 2.24) is 0 Å². The first-order valence-corrected chi connectivity index (χ1v) is 32.5. The lowest BCUT2D eigenvalue weighted by Gasteiger charge is -2.40. The molecule has 1 fully saturated rings. The Hall–Kier alpha value is -5.66. The van der Waals surface area contributed by atoms with Crippen LogP contribution in [0.15, 0.2) is 158 Å². The van der Waals surface area contributed by atoms with E-state index in [9.17, 15) is 34.5 Å². The summed E-state index contributed by atoms with van der Waals surface area (Å²) in [5.74, 6) is -3.34. The predicted molar refractivity (Wildman–Crippen MR) is 349 cm³/mol. The number of aliphatic carboxylic acids is 1. The number of carbonyl (C=O) groups is 4. The third kappa shape index (κ3) is 48.2. The van der Waals surface area contributed by atoms with Crippen LogP contribution in [0.3, 0.4) is 0 Å². The van der Waals surface area contributed by atoms with E-state index in [1.54, 1.807) is 0 Å². The number of esters is 3. The standard InChI is InChI=1S/C73H112O12/c1-4-7-10-13-16-19-22-25-28-31-33-36-38-41-44-47-50-53-56-59-65(74)81-62-64(83-66(75)60-57-54-51-48-45-42-39-35-30-27-24-21-18-15-12-9-6-3)63-82-73-71(69(78)68(77)70(85-73)72(79)80)84-67(76)61-58-55-52-49-46-43-40-37-34-32-29-26-23-20-17-14-11-8-5-2/h8-9,11-12,16-21,25-30,34,37,39,42-43,46,48,51-52,55,64,68-71,73,77-78H,4-7,10,13-15,22-24,31-33,35-36,38,40-41,44-45,47,49-50,53-54,56-63H2,1-3H3,(H,79,80)/b11-8-,12-9-,19-16-,20-17-,21-18-,28-25-,29-26-,30-27-,37-34-,42-39-,46-43-,51-48-,55-52-. The Labute approximate surface area is 514 Å².